The number of nitrogens with zero attached hydrogens (tertiary/aromatic N) is 1. The number of aryl methyl sites for hydroxylation is 1. The van der Waals surface area contributed by atoms with Crippen molar-refractivity contribution in [3.05, 3.63) is 29.3 Å². The van der Waals surface area contributed by atoms with Gasteiger partial charge >= 0.3 is 0 Å². The highest BCUT2D eigenvalue weighted by Crippen LogP contribution is 2.55. The predicted octanol–water partition coefficient (Wildman–Crippen LogP) is 3.97. The lowest BCUT2D eigenvalue weighted by Crippen LogP contribution is -2.74. The Bertz CT molecular complexity index is 655. The van der Waals surface area contributed by atoms with Crippen molar-refractivity contribution in [3.63, 3.8) is 0 Å². The van der Waals surface area contributed by atoms with Crippen molar-refractivity contribution in [1.29, 1.82) is 5.26 Å². The van der Waals surface area contributed by atoms with E-state index >= 15 is 0 Å². The van der Waals surface area contributed by atoms with Crippen LogP contribution >= 0.6 is 0 Å². The number of nitrogens with one attached hydrogen (secondary N) is 1. The molecule has 1 aromatic carbocycles. The first-order valence-corrected chi connectivity index (χ1v) is 8.61. The first-order chi connectivity index (χ1) is 11.1. The van der Waals surface area contributed by atoms with E-state index in [1.54, 1.807) is 6.07 Å². The average Bonchev–Trinajstić information content (AvgIpc) is 2.50. The summed E-state index contributed by atoms with van der Waals surface area (Å²) >= 11 is 0. The summed E-state index contributed by atoms with van der Waals surface area (Å²) in [6.45, 7) is 12.5. The largest absolute Gasteiger partial charge is 0.489 e. The molecule has 0 unspecified atom stereocenters. The Hall–Kier alpha value is -2.02. The predicted molar refractivity (Wildman–Crippen MR) is 94.7 cm³/mol. The number of rotatable bonds is 5. The maximum atomic E-state index is 12.0. The Labute approximate surface area is 145 Å². The molecule has 0 atom stereocenters. The van der Waals surface area contributed by atoms with Crippen LogP contribution in [0, 0.1) is 29.1 Å². The summed E-state index contributed by atoms with van der Waals surface area (Å²) in [7, 11) is 0. The van der Waals surface area contributed by atoms with Crippen LogP contribution in [-0.4, -0.2) is 18.1 Å². The van der Waals surface area contributed by atoms with Crippen molar-refractivity contribution in [3.8, 4) is 11.8 Å². The summed E-state index contributed by atoms with van der Waals surface area (Å²) in [4.78, 5) is 12.0. The molecule has 1 amide bonds. The van der Waals surface area contributed by atoms with Crippen LogP contribution in [0.4, 0.5) is 0 Å². The molecule has 2 rings (SSSR count). The first kappa shape index (κ1) is 18.3. The van der Waals surface area contributed by atoms with Gasteiger partial charge in [0.25, 0.3) is 0 Å². The number of carbonyl (C=O) groups is 1. The van der Waals surface area contributed by atoms with Crippen LogP contribution in [0.1, 0.15) is 58.6 Å². The lowest BCUT2D eigenvalue weighted by molar-refractivity contribution is -0.173. The van der Waals surface area contributed by atoms with E-state index in [4.69, 9.17) is 10.00 Å². The molecule has 1 fully saturated rings. The van der Waals surface area contributed by atoms with Gasteiger partial charge in [-0.05, 0) is 37.1 Å². The molecule has 0 saturated heterocycles. The molecular weight excluding hydrogens is 300 g/mol. The molecule has 0 heterocycles. The van der Waals surface area contributed by atoms with Gasteiger partial charge in [0.15, 0.2) is 0 Å². The summed E-state index contributed by atoms with van der Waals surface area (Å²) in [6.07, 6.45) is 1.40. The van der Waals surface area contributed by atoms with Crippen LogP contribution in [0.15, 0.2) is 18.2 Å². The molecule has 0 aliphatic heterocycles. The highest BCUT2D eigenvalue weighted by molar-refractivity contribution is 5.76. The summed E-state index contributed by atoms with van der Waals surface area (Å²) < 4.78 is 6.27. The summed E-state index contributed by atoms with van der Waals surface area (Å²) in [5.74, 6) is 0.882. The van der Waals surface area contributed by atoms with Crippen LogP contribution in [0.3, 0.4) is 0 Å². The van der Waals surface area contributed by atoms with E-state index in [2.05, 4.69) is 39.1 Å². The van der Waals surface area contributed by atoms with E-state index in [-0.39, 0.29) is 28.9 Å². The van der Waals surface area contributed by atoms with E-state index in [1.807, 2.05) is 26.0 Å². The Balaban J connectivity index is 2.16. The Morgan fingerprint density at radius 2 is 1.92 bits per heavy atom. The van der Waals surface area contributed by atoms with Crippen molar-refractivity contribution in [2.45, 2.75) is 66.5 Å². The second kappa shape index (κ2) is 6.47. The van der Waals surface area contributed by atoms with Crippen LogP contribution in [-0.2, 0) is 4.79 Å². The SMILES string of the molecule is CCCC(=O)NC1C(C)(C)C(Oc2ccc(C#N)c(C)c2)C1(C)C. The summed E-state index contributed by atoms with van der Waals surface area (Å²) in [5.41, 5.74) is 1.26. The molecule has 1 aliphatic rings. The first-order valence-electron chi connectivity index (χ1n) is 8.61. The van der Waals surface area contributed by atoms with Gasteiger partial charge in [0, 0.05) is 23.3 Å². The minimum atomic E-state index is -0.158. The van der Waals surface area contributed by atoms with E-state index in [1.165, 1.54) is 0 Å². The Kier molecular flexibility index (Phi) is 4.94. The zero-order valence-corrected chi connectivity index (χ0v) is 15.6. The second-order valence-corrected chi connectivity index (χ2v) is 7.98. The number of ether oxygens (including phenoxy) is 1. The van der Waals surface area contributed by atoms with Gasteiger partial charge in [0.1, 0.15) is 11.9 Å². The van der Waals surface area contributed by atoms with E-state index in [0.717, 1.165) is 17.7 Å². The van der Waals surface area contributed by atoms with Crippen LogP contribution in [0.25, 0.3) is 0 Å². The van der Waals surface area contributed by atoms with Gasteiger partial charge in [-0.2, -0.15) is 5.26 Å². The molecule has 1 N–H and O–H groups in total. The van der Waals surface area contributed by atoms with E-state index in [9.17, 15) is 4.79 Å². The molecule has 1 aromatic rings. The molecule has 1 saturated carbocycles. The average molecular weight is 328 g/mol. The van der Waals surface area contributed by atoms with Gasteiger partial charge in [0.05, 0.1) is 11.6 Å². The molecule has 24 heavy (non-hydrogen) atoms. The maximum absolute atomic E-state index is 12.0. The zero-order chi connectivity index (χ0) is 18.1. The topological polar surface area (TPSA) is 62.1 Å². The van der Waals surface area contributed by atoms with Crippen molar-refractivity contribution >= 4 is 5.91 Å². The van der Waals surface area contributed by atoms with Crippen LogP contribution < -0.4 is 10.1 Å². The van der Waals surface area contributed by atoms with Gasteiger partial charge in [-0.25, -0.2) is 0 Å². The quantitative estimate of drug-likeness (QED) is 0.889. The molecule has 4 heteroatoms. The number of benzene rings is 1. The lowest BCUT2D eigenvalue weighted by Gasteiger charge is -2.63. The summed E-state index contributed by atoms with van der Waals surface area (Å²) in [5, 5.41) is 12.2. The van der Waals surface area contributed by atoms with Gasteiger partial charge < -0.3 is 10.1 Å². The number of carbonyl (C=O) groups excluding carboxylic acids is 1. The highest BCUT2D eigenvalue weighted by Gasteiger charge is 2.64. The number of hydrogen-bond acceptors (Lipinski definition) is 3. The number of nitriles is 1. The fourth-order valence-electron chi connectivity index (χ4n) is 4.23. The van der Waals surface area contributed by atoms with E-state index in [0.29, 0.717) is 12.0 Å². The van der Waals surface area contributed by atoms with Crippen molar-refractivity contribution < 1.29 is 9.53 Å². The fraction of sp³-hybridized carbons (Fsp3) is 0.600. The standard InChI is InChI=1S/C20H28N2O2/c1-7-8-16(23)22-17-19(3,4)18(20(17,5)6)24-15-10-9-14(12-21)13(2)11-15/h9-11,17-18H,7-8H2,1-6H3,(H,22,23). The zero-order valence-electron chi connectivity index (χ0n) is 15.6. The van der Waals surface area contributed by atoms with Crippen LogP contribution in [0.5, 0.6) is 5.75 Å². The van der Waals surface area contributed by atoms with E-state index < -0.39 is 0 Å². The molecule has 0 radical (unpaired) electrons. The normalized spacial score (nSPS) is 23.7. The minimum Gasteiger partial charge on any atom is -0.489 e. The molecule has 0 spiro atoms. The van der Waals surface area contributed by atoms with Gasteiger partial charge in [-0.15, -0.1) is 0 Å². The van der Waals surface area contributed by atoms with Crippen molar-refractivity contribution in [2.24, 2.45) is 10.8 Å². The Morgan fingerprint density at radius 1 is 1.29 bits per heavy atom. The molecule has 4 nitrogen and oxygen atoms in total. The third kappa shape index (κ3) is 3.13. The van der Waals surface area contributed by atoms with Gasteiger partial charge in [-0.3, -0.25) is 4.79 Å². The lowest BCUT2D eigenvalue weighted by atomic mass is 9.49. The van der Waals surface area contributed by atoms with Gasteiger partial charge in [0.2, 0.25) is 5.91 Å². The second-order valence-electron chi connectivity index (χ2n) is 7.98. The maximum Gasteiger partial charge on any atom is 0.220 e. The van der Waals surface area contributed by atoms with Crippen LogP contribution in [0.2, 0.25) is 0 Å². The van der Waals surface area contributed by atoms with Crippen molar-refractivity contribution in [1.82, 2.24) is 5.32 Å². The smallest absolute Gasteiger partial charge is 0.220 e. The third-order valence-corrected chi connectivity index (χ3v) is 5.19. The molecule has 0 aromatic heterocycles. The molecule has 1 aliphatic carbocycles. The summed E-state index contributed by atoms with van der Waals surface area (Å²) in [6, 6.07) is 7.80. The highest BCUT2D eigenvalue weighted by atomic mass is 16.5. The fourth-order valence-corrected chi connectivity index (χ4v) is 4.23. The number of hydrogen-bond donors (Lipinski definition) is 1. The number of amides is 1. The Morgan fingerprint density at radius 3 is 2.42 bits per heavy atom. The third-order valence-electron chi connectivity index (χ3n) is 5.19. The van der Waals surface area contributed by atoms with Gasteiger partial charge in [-0.1, -0.05) is 34.6 Å². The minimum absolute atomic E-state index is 0.00994. The molecule has 130 valence electrons. The monoisotopic (exact) mass is 328 g/mol. The van der Waals surface area contributed by atoms with Crippen molar-refractivity contribution in [2.75, 3.05) is 0 Å². The molecular formula is C20H28N2O2. The molecule has 0 bridgehead atoms.